The molecule has 0 radical (unpaired) electrons. The normalized spacial score (nSPS) is 11.2. The summed E-state index contributed by atoms with van der Waals surface area (Å²) in [5.41, 5.74) is 2.03. The van der Waals surface area contributed by atoms with Crippen molar-refractivity contribution in [2.75, 3.05) is 13.7 Å². The van der Waals surface area contributed by atoms with E-state index in [1.54, 1.807) is 7.11 Å². The van der Waals surface area contributed by atoms with Gasteiger partial charge in [0, 0.05) is 18.7 Å². The minimum atomic E-state index is 0.559. The molecule has 2 rings (SSSR count). The molecule has 0 atom stereocenters. The molecule has 0 unspecified atom stereocenters. The van der Waals surface area contributed by atoms with Crippen LogP contribution in [0.2, 0.25) is 0 Å². The SMILES string of the molecule is CCN(Cc1ccccc1)C(=NO)c1ccc(OC)cc1. The molecule has 0 aliphatic heterocycles. The van der Waals surface area contributed by atoms with E-state index in [9.17, 15) is 5.21 Å². The molecule has 4 nitrogen and oxygen atoms in total. The Morgan fingerprint density at radius 3 is 2.29 bits per heavy atom. The van der Waals surface area contributed by atoms with Gasteiger partial charge in [0.2, 0.25) is 0 Å². The van der Waals surface area contributed by atoms with Crippen molar-refractivity contribution < 1.29 is 9.94 Å². The van der Waals surface area contributed by atoms with E-state index < -0.39 is 0 Å². The van der Waals surface area contributed by atoms with E-state index in [2.05, 4.69) is 17.3 Å². The van der Waals surface area contributed by atoms with E-state index in [0.717, 1.165) is 17.9 Å². The van der Waals surface area contributed by atoms with Gasteiger partial charge >= 0.3 is 0 Å². The third-order valence-electron chi connectivity index (χ3n) is 3.34. The predicted octanol–water partition coefficient (Wildman–Crippen LogP) is 3.35. The van der Waals surface area contributed by atoms with Crippen LogP contribution in [-0.4, -0.2) is 29.6 Å². The zero-order valence-corrected chi connectivity index (χ0v) is 12.4. The van der Waals surface area contributed by atoms with Crippen molar-refractivity contribution in [1.82, 2.24) is 4.90 Å². The topological polar surface area (TPSA) is 45.1 Å². The van der Waals surface area contributed by atoms with Crippen LogP contribution < -0.4 is 4.74 Å². The monoisotopic (exact) mass is 284 g/mol. The highest BCUT2D eigenvalue weighted by atomic mass is 16.5. The highest BCUT2D eigenvalue weighted by Crippen LogP contribution is 2.15. The largest absolute Gasteiger partial charge is 0.497 e. The van der Waals surface area contributed by atoms with E-state index in [-0.39, 0.29) is 0 Å². The minimum absolute atomic E-state index is 0.559. The first-order chi connectivity index (χ1) is 10.3. The molecule has 4 heteroatoms. The van der Waals surface area contributed by atoms with Crippen molar-refractivity contribution >= 4 is 5.84 Å². The Balaban J connectivity index is 2.21. The average molecular weight is 284 g/mol. The lowest BCUT2D eigenvalue weighted by molar-refractivity contribution is 0.301. The van der Waals surface area contributed by atoms with E-state index in [4.69, 9.17) is 4.74 Å². The van der Waals surface area contributed by atoms with Gasteiger partial charge < -0.3 is 14.8 Å². The lowest BCUT2D eigenvalue weighted by Gasteiger charge is -2.24. The lowest BCUT2D eigenvalue weighted by atomic mass is 10.1. The Kier molecular flexibility index (Phi) is 5.21. The molecule has 0 aliphatic carbocycles. The molecule has 2 aromatic carbocycles. The summed E-state index contributed by atoms with van der Waals surface area (Å²) in [5.74, 6) is 1.34. The second kappa shape index (κ2) is 7.33. The summed E-state index contributed by atoms with van der Waals surface area (Å²) in [5, 5.41) is 12.9. The van der Waals surface area contributed by atoms with Crippen LogP contribution in [-0.2, 0) is 6.54 Å². The van der Waals surface area contributed by atoms with Gasteiger partial charge in [-0.15, -0.1) is 0 Å². The maximum atomic E-state index is 9.40. The number of amidine groups is 1. The van der Waals surface area contributed by atoms with Crippen LogP contribution >= 0.6 is 0 Å². The molecule has 0 aliphatic rings. The maximum absolute atomic E-state index is 9.40. The van der Waals surface area contributed by atoms with Crippen LogP contribution in [0.5, 0.6) is 5.75 Å². The van der Waals surface area contributed by atoms with Gasteiger partial charge in [-0.3, -0.25) is 0 Å². The smallest absolute Gasteiger partial charge is 0.175 e. The van der Waals surface area contributed by atoms with Crippen molar-refractivity contribution in [2.45, 2.75) is 13.5 Å². The van der Waals surface area contributed by atoms with E-state index >= 15 is 0 Å². The van der Waals surface area contributed by atoms with E-state index in [1.807, 2.05) is 54.3 Å². The third-order valence-corrected chi connectivity index (χ3v) is 3.34. The van der Waals surface area contributed by atoms with Gasteiger partial charge in [0.15, 0.2) is 5.84 Å². The van der Waals surface area contributed by atoms with Crippen LogP contribution in [0.1, 0.15) is 18.1 Å². The number of hydrogen-bond acceptors (Lipinski definition) is 3. The summed E-state index contributed by atoms with van der Waals surface area (Å²) < 4.78 is 5.15. The second-order valence-corrected chi connectivity index (χ2v) is 4.65. The Morgan fingerprint density at radius 2 is 1.76 bits per heavy atom. The molecule has 0 saturated carbocycles. The highest BCUT2D eigenvalue weighted by Gasteiger charge is 2.13. The van der Waals surface area contributed by atoms with Crippen LogP contribution in [0.15, 0.2) is 59.8 Å². The first kappa shape index (κ1) is 14.9. The molecular formula is C17H20N2O2. The molecule has 0 bridgehead atoms. The Morgan fingerprint density at radius 1 is 1.10 bits per heavy atom. The Labute approximate surface area is 125 Å². The van der Waals surface area contributed by atoms with Crippen LogP contribution in [0.25, 0.3) is 0 Å². The van der Waals surface area contributed by atoms with Gasteiger partial charge in [-0.2, -0.15) is 0 Å². The molecule has 0 aromatic heterocycles. The van der Waals surface area contributed by atoms with Gasteiger partial charge in [-0.05, 0) is 36.8 Å². The number of oxime groups is 1. The van der Waals surface area contributed by atoms with Gasteiger partial charge in [-0.25, -0.2) is 0 Å². The molecule has 0 amide bonds. The average Bonchev–Trinajstić information content (AvgIpc) is 2.56. The number of nitrogens with zero attached hydrogens (tertiary/aromatic N) is 2. The minimum Gasteiger partial charge on any atom is -0.497 e. The molecular weight excluding hydrogens is 264 g/mol. The standard InChI is InChI=1S/C17H20N2O2/c1-3-19(13-14-7-5-4-6-8-14)17(18-20)15-9-11-16(21-2)12-10-15/h4-12,20H,3,13H2,1-2H3. The Bertz CT molecular complexity index is 579. The summed E-state index contributed by atoms with van der Waals surface area (Å²) in [6, 6.07) is 17.6. The number of ether oxygens (including phenoxy) is 1. The predicted molar refractivity (Wildman–Crippen MR) is 83.8 cm³/mol. The quantitative estimate of drug-likeness (QED) is 0.396. The molecule has 2 aromatic rings. The maximum Gasteiger partial charge on any atom is 0.175 e. The van der Waals surface area contributed by atoms with Crippen LogP contribution in [0, 0.1) is 0 Å². The van der Waals surface area contributed by atoms with Crippen molar-refractivity contribution in [1.29, 1.82) is 0 Å². The summed E-state index contributed by atoms with van der Waals surface area (Å²) in [6.45, 7) is 3.49. The second-order valence-electron chi connectivity index (χ2n) is 4.65. The molecule has 110 valence electrons. The molecule has 0 fully saturated rings. The first-order valence-electron chi connectivity index (χ1n) is 6.93. The highest BCUT2D eigenvalue weighted by molar-refractivity contribution is 5.98. The first-order valence-corrected chi connectivity index (χ1v) is 6.93. The molecule has 0 heterocycles. The fourth-order valence-electron chi connectivity index (χ4n) is 2.18. The fraction of sp³-hybridized carbons (Fsp3) is 0.235. The molecule has 0 saturated heterocycles. The summed E-state index contributed by atoms with van der Waals surface area (Å²) in [6.07, 6.45) is 0. The van der Waals surface area contributed by atoms with Crippen molar-refractivity contribution in [3.05, 3.63) is 65.7 Å². The van der Waals surface area contributed by atoms with E-state index in [1.165, 1.54) is 5.56 Å². The fourth-order valence-corrected chi connectivity index (χ4v) is 2.18. The summed E-state index contributed by atoms with van der Waals surface area (Å²) in [7, 11) is 1.63. The molecule has 0 spiro atoms. The van der Waals surface area contributed by atoms with E-state index in [0.29, 0.717) is 12.4 Å². The zero-order valence-electron chi connectivity index (χ0n) is 12.4. The van der Waals surface area contributed by atoms with Crippen molar-refractivity contribution in [3.63, 3.8) is 0 Å². The number of methoxy groups -OCH3 is 1. The molecule has 21 heavy (non-hydrogen) atoms. The lowest BCUT2D eigenvalue weighted by Crippen LogP contribution is -2.31. The molecule has 1 N–H and O–H groups in total. The number of rotatable bonds is 5. The van der Waals surface area contributed by atoms with Crippen molar-refractivity contribution in [2.24, 2.45) is 5.16 Å². The number of benzene rings is 2. The van der Waals surface area contributed by atoms with Crippen molar-refractivity contribution in [3.8, 4) is 5.75 Å². The van der Waals surface area contributed by atoms with Crippen LogP contribution in [0.3, 0.4) is 0 Å². The summed E-state index contributed by atoms with van der Waals surface area (Å²) >= 11 is 0. The van der Waals surface area contributed by atoms with Gasteiger partial charge in [-0.1, -0.05) is 35.5 Å². The van der Waals surface area contributed by atoms with Gasteiger partial charge in [0.25, 0.3) is 0 Å². The zero-order chi connectivity index (χ0) is 15.1. The van der Waals surface area contributed by atoms with Gasteiger partial charge in [0.1, 0.15) is 5.75 Å². The summed E-state index contributed by atoms with van der Waals surface area (Å²) in [4.78, 5) is 2.02. The van der Waals surface area contributed by atoms with Crippen LogP contribution in [0.4, 0.5) is 0 Å². The number of hydrogen-bond donors (Lipinski definition) is 1. The van der Waals surface area contributed by atoms with Gasteiger partial charge in [0.05, 0.1) is 7.11 Å². The Hall–Kier alpha value is -2.49. The third kappa shape index (κ3) is 3.75.